The normalized spacial score (nSPS) is 13.6. The van der Waals surface area contributed by atoms with E-state index in [1.165, 1.54) is 78.3 Å². The first-order valence-corrected chi connectivity index (χ1v) is 20.3. The minimum absolute atomic E-state index is 0.0714. The molecule has 1 aliphatic rings. The van der Waals surface area contributed by atoms with Crippen LogP contribution in [0, 0.1) is 0 Å². The van der Waals surface area contributed by atoms with Crippen LogP contribution in [0.2, 0.25) is 0 Å². The molecule has 4 nitrogen and oxygen atoms in total. The first-order valence-electron chi connectivity index (χ1n) is 17.8. The number of rotatable bonds is 3. The number of hydrogen-bond donors (Lipinski definition) is 0. The number of thiophene rings is 3. The Labute approximate surface area is 316 Å². The summed E-state index contributed by atoms with van der Waals surface area (Å²) < 4.78 is 7.55. The second-order valence-electron chi connectivity index (χ2n) is 14.5. The lowest BCUT2D eigenvalue weighted by Crippen LogP contribution is -2.24. The molecule has 6 heterocycles. The standard InChI is InChI=1S/C46H28N4S3/c1-46(2)34-11-7-10-30-31-22-25(14-17-35(31)50(41(30)34)36-20-21-51-42(36)46)43-47-44(26-15-18-39-32(23-26)28-8-3-5-12-37(28)52-39)49-45(48-43)27-16-19-40-33(24-27)29-9-4-6-13-38(29)53-40/h3-24H,1-2H3. The smallest absolute Gasteiger partial charge is 0.164 e. The molecular formula is C46H28N4S3. The third-order valence-corrected chi connectivity index (χ3v) is 14.6. The number of benzene rings is 6. The van der Waals surface area contributed by atoms with Gasteiger partial charge in [0, 0.05) is 78.1 Å². The molecule has 0 unspecified atom stereocenters. The van der Waals surface area contributed by atoms with E-state index < -0.39 is 0 Å². The summed E-state index contributed by atoms with van der Waals surface area (Å²) >= 11 is 5.49. The summed E-state index contributed by atoms with van der Waals surface area (Å²) in [7, 11) is 0. The molecule has 12 rings (SSSR count). The van der Waals surface area contributed by atoms with Gasteiger partial charge in [0.1, 0.15) is 0 Å². The molecule has 53 heavy (non-hydrogen) atoms. The van der Waals surface area contributed by atoms with Crippen LogP contribution in [0.1, 0.15) is 24.3 Å². The van der Waals surface area contributed by atoms with Crippen LogP contribution in [0.3, 0.4) is 0 Å². The van der Waals surface area contributed by atoms with Crippen molar-refractivity contribution >= 4 is 96.2 Å². The zero-order chi connectivity index (χ0) is 35.0. The molecule has 11 aromatic rings. The molecule has 1 aliphatic heterocycles. The minimum atomic E-state index is -0.0714. The van der Waals surface area contributed by atoms with Crippen LogP contribution in [0.5, 0.6) is 0 Å². The third kappa shape index (κ3) is 4.18. The molecular weight excluding hydrogens is 705 g/mol. The van der Waals surface area contributed by atoms with Crippen molar-refractivity contribution in [1.82, 2.24) is 19.5 Å². The summed E-state index contributed by atoms with van der Waals surface area (Å²) in [6, 6.07) is 46.3. The second kappa shape index (κ2) is 10.7. The summed E-state index contributed by atoms with van der Waals surface area (Å²) in [6.07, 6.45) is 0. The van der Waals surface area contributed by atoms with Crippen LogP contribution in [-0.2, 0) is 5.41 Å². The van der Waals surface area contributed by atoms with Gasteiger partial charge >= 0.3 is 0 Å². The van der Waals surface area contributed by atoms with Gasteiger partial charge in [0.15, 0.2) is 17.5 Å². The number of para-hydroxylation sites is 1. The van der Waals surface area contributed by atoms with Crippen molar-refractivity contribution in [2.24, 2.45) is 0 Å². The highest BCUT2D eigenvalue weighted by molar-refractivity contribution is 7.26. The van der Waals surface area contributed by atoms with Crippen molar-refractivity contribution in [3.63, 3.8) is 0 Å². The van der Waals surface area contributed by atoms with Crippen LogP contribution in [-0.4, -0.2) is 19.5 Å². The largest absolute Gasteiger partial charge is 0.308 e. The van der Waals surface area contributed by atoms with E-state index in [-0.39, 0.29) is 5.41 Å². The molecule has 0 spiro atoms. The van der Waals surface area contributed by atoms with Gasteiger partial charge in [-0.2, -0.15) is 0 Å². The summed E-state index contributed by atoms with van der Waals surface area (Å²) in [4.78, 5) is 17.1. The molecule has 5 aromatic heterocycles. The Morgan fingerprint density at radius 2 is 1.02 bits per heavy atom. The summed E-state index contributed by atoms with van der Waals surface area (Å²) in [5, 5.41) is 9.65. The van der Waals surface area contributed by atoms with E-state index in [0.29, 0.717) is 17.5 Å². The first kappa shape index (κ1) is 29.8. The van der Waals surface area contributed by atoms with Gasteiger partial charge in [0.2, 0.25) is 0 Å². The quantitative estimate of drug-likeness (QED) is 0.182. The lowest BCUT2D eigenvalue weighted by molar-refractivity contribution is 0.646. The molecule has 0 amide bonds. The Hall–Kier alpha value is -5.73. The maximum atomic E-state index is 5.25. The fraction of sp³-hybridized carbons (Fsp3) is 0.0652. The molecule has 0 radical (unpaired) electrons. The van der Waals surface area contributed by atoms with Gasteiger partial charge in [-0.1, -0.05) is 68.4 Å². The molecule has 0 atom stereocenters. The molecule has 0 fully saturated rings. The molecule has 0 saturated heterocycles. The van der Waals surface area contributed by atoms with E-state index in [1.54, 1.807) is 0 Å². The fourth-order valence-corrected chi connectivity index (χ4v) is 11.7. The van der Waals surface area contributed by atoms with Crippen LogP contribution >= 0.6 is 34.0 Å². The van der Waals surface area contributed by atoms with Crippen molar-refractivity contribution in [1.29, 1.82) is 0 Å². The van der Waals surface area contributed by atoms with Gasteiger partial charge in [-0.05, 0) is 83.7 Å². The SMILES string of the molecule is CC1(C)c2sccc2-n2c3ccc(-c4nc(-c5ccc6sc7ccccc7c6c5)nc(-c5ccc6sc7ccccc7c6c5)n4)cc3c3cccc1c32. The van der Waals surface area contributed by atoms with Crippen LogP contribution in [0.25, 0.3) is 102 Å². The fourth-order valence-electron chi connectivity index (χ4n) is 8.52. The van der Waals surface area contributed by atoms with E-state index in [4.69, 9.17) is 15.0 Å². The van der Waals surface area contributed by atoms with Gasteiger partial charge in [-0.3, -0.25) is 0 Å². The van der Waals surface area contributed by atoms with Crippen molar-refractivity contribution in [2.45, 2.75) is 19.3 Å². The average molecular weight is 733 g/mol. The van der Waals surface area contributed by atoms with E-state index >= 15 is 0 Å². The molecule has 0 N–H and O–H groups in total. The maximum Gasteiger partial charge on any atom is 0.164 e. The van der Waals surface area contributed by atoms with Crippen molar-refractivity contribution < 1.29 is 0 Å². The second-order valence-corrected chi connectivity index (χ2v) is 17.5. The van der Waals surface area contributed by atoms with Crippen molar-refractivity contribution in [3.05, 3.63) is 143 Å². The Bertz CT molecular complexity index is 3210. The number of aromatic nitrogens is 4. The molecule has 0 bridgehead atoms. The topological polar surface area (TPSA) is 43.6 Å². The Morgan fingerprint density at radius 3 is 1.64 bits per heavy atom. The predicted octanol–water partition coefficient (Wildman–Crippen LogP) is 13.4. The minimum Gasteiger partial charge on any atom is -0.308 e. The van der Waals surface area contributed by atoms with E-state index in [9.17, 15) is 0 Å². The van der Waals surface area contributed by atoms with Crippen molar-refractivity contribution in [3.8, 4) is 39.9 Å². The number of hydrogen-bond acceptors (Lipinski definition) is 6. The highest BCUT2D eigenvalue weighted by Crippen LogP contribution is 2.50. The van der Waals surface area contributed by atoms with Gasteiger partial charge in [0.05, 0.1) is 16.7 Å². The Kier molecular flexibility index (Phi) is 6.00. The highest BCUT2D eigenvalue weighted by Gasteiger charge is 2.36. The Balaban J connectivity index is 1.10. The van der Waals surface area contributed by atoms with E-state index in [2.05, 4.69) is 151 Å². The summed E-state index contributed by atoms with van der Waals surface area (Å²) in [5.74, 6) is 2.01. The Morgan fingerprint density at radius 1 is 0.491 bits per heavy atom. The van der Waals surface area contributed by atoms with Gasteiger partial charge < -0.3 is 4.57 Å². The first-order chi connectivity index (χ1) is 26.0. The van der Waals surface area contributed by atoms with Gasteiger partial charge in [-0.25, -0.2) is 15.0 Å². The van der Waals surface area contributed by atoms with Crippen LogP contribution in [0.4, 0.5) is 0 Å². The van der Waals surface area contributed by atoms with E-state index in [1.807, 2.05) is 34.0 Å². The zero-order valence-corrected chi connectivity index (χ0v) is 31.2. The lowest BCUT2D eigenvalue weighted by Gasteiger charge is -2.32. The maximum absolute atomic E-state index is 5.25. The van der Waals surface area contributed by atoms with Gasteiger partial charge in [-0.15, -0.1) is 34.0 Å². The van der Waals surface area contributed by atoms with Gasteiger partial charge in [0.25, 0.3) is 0 Å². The van der Waals surface area contributed by atoms with Crippen LogP contribution in [0.15, 0.2) is 133 Å². The summed E-state index contributed by atoms with van der Waals surface area (Å²) in [5.41, 5.74) is 7.99. The zero-order valence-electron chi connectivity index (χ0n) is 28.7. The highest BCUT2D eigenvalue weighted by atomic mass is 32.1. The predicted molar refractivity (Wildman–Crippen MR) is 226 cm³/mol. The third-order valence-electron chi connectivity index (χ3n) is 11.1. The number of nitrogens with zero attached hydrogens (tertiary/aromatic N) is 4. The molecule has 6 aromatic carbocycles. The average Bonchev–Trinajstić information content (AvgIpc) is 3.98. The molecule has 250 valence electrons. The lowest BCUT2D eigenvalue weighted by atomic mass is 9.79. The summed E-state index contributed by atoms with van der Waals surface area (Å²) in [6.45, 7) is 4.70. The van der Waals surface area contributed by atoms with E-state index in [0.717, 1.165) is 16.7 Å². The number of fused-ring (bicyclic) bond motifs is 11. The molecule has 0 aliphatic carbocycles. The van der Waals surface area contributed by atoms with Crippen LogP contribution < -0.4 is 0 Å². The monoisotopic (exact) mass is 732 g/mol. The van der Waals surface area contributed by atoms with Crippen molar-refractivity contribution in [2.75, 3.05) is 0 Å². The molecule has 0 saturated carbocycles. The molecule has 7 heteroatoms.